The highest BCUT2D eigenvalue weighted by atomic mass is 79.9. The highest BCUT2D eigenvalue weighted by Crippen LogP contribution is 2.10. The molecule has 478 valence electrons. The second kappa shape index (κ2) is 41.6. The lowest BCUT2D eigenvalue weighted by Gasteiger charge is -2.27. The van der Waals surface area contributed by atoms with Crippen LogP contribution in [-0.4, -0.2) is 271 Å². The Morgan fingerprint density at radius 1 is 0.384 bits per heavy atom. The molecule has 6 rings (SSSR count). The topological polar surface area (TPSA) is 296 Å². The third-order valence-corrected chi connectivity index (χ3v) is 15.4. The zero-order chi connectivity index (χ0) is 60.3. The lowest BCUT2D eigenvalue weighted by molar-refractivity contribution is -0.123. The molecule has 3 heterocycles. The van der Waals surface area contributed by atoms with E-state index in [1.807, 2.05) is 36.4 Å². The average molecular weight is 1260 g/mol. The number of nitrogens with one attached hydrogen (secondary N) is 15. The molecule has 0 aliphatic carbocycles. The Kier molecular flexibility index (Phi) is 34.4. The van der Waals surface area contributed by atoms with Crippen LogP contribution in [0.25, 0.3) is 0 Å². The van der Waals surface area contributed by atoms with Crippen molar-refractivity contribution in [3.8, 4) is 0 Å². The maximum atomic E-state index is 13.4. The molecule has 26 heteroatoms. The molecular formula is C60H100BrN19O6. The molecule has 3 aliphatic heterocycles. The predicted octanol–water partition coefficient (Wildman–Crippen LogP) is -3.75. The third-order valence-electron chi connectivity index (χ3n) is 15.4. The molecule has 0 spiro atoms. The molecule has 3 aromatic rings. The van der Waals surface area contributed by atoms with Crippen molar-refractivity contribution in [1.82, 2.24) is 99.4 Å². The fourth-order valence-electron chi connectivity index (χ4n) is 10.3. The number of hydrogen-bond acceptors (Lipinski definition) is 19. The van der Waals surface area contributed by atoms with E-state index in [0.717, 1.165) is 154 Å². The van der Waals surface area contributed by atoms with Crippen molar-refractivity contribution in [2.75, 3.05) is 198 Å². The van der Waals surface area contributed by atoms with E-state index in [-0.39, 0.29) is 52.4 Å². The first-order valence-corrected chi connectivity index (χ1v) is 30.6. The minimum absolute atomic E-state index is 0. The van der Waals surface area contributed by atoms with Gasteiger partial charge in [0.1, 0.15) is 18.1 Å². The maximum absolute atomic E-state index is 13.4. The molecule has 3 saturated heterocycles. The Morgan fingerprint density at radius 3 is 0.837 bits per heavy atom. The van der Waals surface area contributed by atoms with E-state index in [2.05, 4.69) is 99.4 Å². The van der Waals surface area contributed by atoms with Gasteiger partial charge in [-0.2, -0.15) is 0 Å². The summed E-state index contributed by atoms with van der Waals surface area (Å²) >= 11 is 0. The number of nitrogens with zero attached hydrogens (tertiary/aromatic N) is 4. The van der Waals surface area contributed by atoms with E-state index < -0.39 is 18.1 Å². The Morgan fingerprint density at radius 2 is 0.616 bits per heavy atom. The number of halogens is 1. The monoisotopic (exact) mass is 1260 g/mol. The molecule has 86 heavy (non-hydrogen) atoms. The summed E-state index contributed by atoms with van der Waals surface area (Å²) in [6.45, 7) is 22.3. The van der Waals surface area contributed by atoms with Crippen LogP contribution in [0.1, 0.15) is 47.8 Å². The van der Waals surface area contributed by atoms with Crippen molar-refractivity contribution in [3.63, 3.8) is 0 Å². The van der Waals surface area contributed by atoms with Crippen molar-refractivity contribution in [3.05, 3.63) is 106 Å². The van der Waals surface area contributed by atoms with E-state index in [0.29, 0.717) is 75.6 Å². The molecule has 0 radical (unpaired) electrons. The molecule has 0 saturated carbocycles. The highest BCUT2D eigenvalue weighted by Gasteiger charge is 2.27. The summed E-state index contributed by atoms with van der Waals surface area (Å²) in [5.74, 6) is -1.60. The van der Waals surface area contributed by atoms with Gasteiger partial charge in [0, 0.05) is 234 Å². The number of likely N-dealkylation sites (N-methyl/N-ethyl adjacent to an activating group) is 3. The summed E-state index contributed by atoms with van der Waals surface area (Å²) < 4.78 is 0. The molecule has 0 bridgehead atoms. The third kappa shape index (κ3) is 26.8. The molecule has 3 atom stereocenters. The lowest BCUT2D eigenvalue weighted by Crippen LogP contribution is -2.53. The molecule has 3 aromatic carbocycles. The van der Waals surface area contributed by atoms with Crippen molar-refractivity contribution < 1.29 is 28.8 Å². The van der Waals surface area contributed by atoms with Gasteiger partial charge in [-0.25, -0.2) is 0 Å². The number of carbonyl (C=O) groups excluding carboxylic acids is 6. The first kappa shape index (κ1) is 71.2. The minimum atomic E-state index is -0.699. The average Bonchev–Trinajstić information content (AvgIpc) is 3.95. The largest absolute Gasteiger partial charge is 0.357 e. The van der Waals surface area contributed by atoms with Gasteiger partial charge >= 0.3 is 0 Å². The first-order valence-electron chi connectivity index (χ1n) is 30.6. The normalized spacial score (nSPS) is 17.3. The Labute approximate surface area is 520 Å². The van der Waals surface area contributed by atoms with Gasteiger partial charge in [-0.3, -0.25) is 48.4 Å². The van der Waals surface area contributed by atoms with Crippen LogP contribution in [0.3, 0.4) is 0 Å². The van der Waals surface area contributed by atoms with E-state index in [9.17, 15) is 28.8 Å². The van der Waals surface area contributed by atoms with E-state index in [1.54, 1.807) is 57.5 Å². The van der Waals surface area contributed by atoms with Gasteiger partial charge in [-0.15, -0.1) is 17.0 Å². The van der Waals surface area contributed by atoms with Crippen molar-refractivity contribution in [1.29, 1.82) is 0 Å². The quantitative estimate of drug-likeness (QED) is 0.0286. The van der Waals surface area contributed by atoms with Gasteiger partial charge in [-0.1, -0.05) is 36.4 Å². The summed E-state index contributed by atoms with van der Waals surface area (Å²) in [4.78, 5) is 88.0. The Bertz CT molecular complexity index is 2150. The molecule has 15 N–H and O–H groups in total. The van der Waals surface area contributed by atoms with Crippen LogP contribution in [0.15, 0.2) is 72.8 Å². The van der Waals surface area contributed by atoms with Crippen LogP contribution in [0.2, 0.25) is 0 Å². The van der Waals surface area contributed by atoms with E-state index >= 15 is 0 Å². The van der Waals surface area contributed by atoms with E-state index in [4.69, 9.17) is 0 Å². The van der Waals surface area contributed by atoms with Crippen molar-refractivity contribution >= 4 is 52.4 Å². The predicted molar refractivity (Wildman–Crippen MR) is 344 cm³/mol. The number of carbonyl (C=O) groups is 6. The summed E-state index contributed by atoms with van der Waals surface area (Å²) in [7, 11) is 4.76. The van der Waals surface area contributed by atoms with Crippen LogP contribution >= 0.6 is 17.0 Å². The molecular weight excluding hydrogens is 1160 g/mol. The Hall–Kier alpha value is -5.56. The number of amides is 6. The van der Waals surface area contributed by atoms with Gasteiger partial charge in [0.2, 0.25) is 17.7 Å². The van der Waals surface area contributed by atoms with Crippen LogP contribution in [0, 0.1) is 0 Å². The second-order valence-electron chi connectivity index (χ2n) is 21.8. The van der Waals surface area contributed by atoms with Gasteiger partial charge in [0.05, 0.1) is 0 Å². The SMILES string of the molecule is Br.CNC(=O)[C@H](CN1CCNCCNCC1)NC(=O)c1ccc(CNCCN(CCNCc2ccc(C(=O)N[C@@H](CN3CCNCCNCC3)C(=O)NC)cc2)CCNCc2ccc(C(=O)N[C@@H](CN3CCNCCNCC3)C(=O)NC)cc2)cc1. The Balaban J connectivity index is 0.0000135. The second-order valence-corrected chi connectivity index (χ2v) is 21.8. The highest BCUT2D eigenvalue weighted by molar-refractivity contribution is 8.93. The summed E-state index contributed by atoms with van der Waals surface area (Å²) in [5.41, 5.74) is 4.53. The summed E-state index contributed by atoms with van der Waals surface area (Å²) in [6, 6.07) is 20.3. The van der Waals surface area contributed by atoms with Crippen molar-refractivity contribution in [2.45, 2.75) is 37.8 Å². The van der Waals surface area contributed by atoms with Crippen LogP contribution < -0.4 is 79.8 Å². The number of hydrogen-bond donors (Lipinski definition) is 15. The van der Waals surface area contributed by atoms with Crippen LogP contribution in [0.5, 0.6) is 0 Å². The van der Waals surface area contributed by atoms with E-state index in [1.165, 1.54) is 0 Å². The first-order chi connectivity index (χ1) is 41.5. The minimum Gasteiger partial charge on any atom is -0.357 e. The molecule has 0 unspecified atom stereocenters. The summed E-state index contributed by atoms with van der Waals surface area (Å²) in [5, 5.41) is 48.1. The number of rotatable bonds is 30. The van der Waals surface area contributed by atoms with Gasteiger partial charge < -0.3 is 79.8 Å². The smallest absolute Gasteiger partial charge is 0.251 e. The fraction of sp³-hybridized carbons (Fsp3) is 0.600. The van der Waals surface area contributed by atoms with Gasteiger partial charge in [-0.05, 0) is 53.1 Å². The zero-order valence-electron chi connectivity index (χ0n) is 51.0. The van der Waals surface area contributed by atoms with Crippen molar-refractivity contribution in [2.24, 2.45) is 0 Å². The standard InChI is InChI=1S/C60H99N19O6.BrH/c1-61-58(83)52(43-77-34-22-64-16-17-65-23-35-77)73-55(80)49-10-4-46(5-11-49)40-70-28-31-76(32-29-71-41-47-6-12-50(13-7-47)56(81)74-53(59(84)62-2)44-78-36-24-66-18-19-67-25-37-78)33-30-72-42-48-8-14-51(15-9-48)57(82)75-54(60(85)63-3)45-79-38-26-68-20-21-69-27-39-79;/h4-15,52-54,64-72H,16-45H2,1-3H3,(H,61,83)(H,62,84)(H,63,85)(H,73,80)(H,74,81)(H,75,82);1H/t52-,53-,54-;/m0./s1. The van der Waals surface area contributed by atoms with Gasteiger partial charge in [0.15, 0.2) is 0 Å². The maximum Gasteiger partial charge on any atom is 0.251 e. The molecule has 3 aliphatic rings. The fourth-order valence-corrected chi connectivity index (χ4v) is 10.3. The molecule has 6 amide bonds. The van der Waals surface area contributed by atoms with Gasteiger partial charge in [0.25, 0.3) is 17.7 Å². The molecule has 25 nitrogen and oxygen atoms in total. The molecule has 0 aromatic heterocycles. The zero-order valence-corrected chi connectivity index (χ0v) is 52.7. The number of benzene rings is 3. The van der Waals surface area contributed by atoms with Crippen LogP contribution in [-0.2, 0) is 34.0 Å². The lowest BCUT2D eigenvalue weighted by atomic mass is 10.1. The van der Waals surface area contributed by atoms with Crippen LogP contribution in [0.4, 0.5) is 0 Å². The summed E-state index contributed by atoms with van der Waals surface area (Å²) in [6.07, 6.45) is 0. The molecule has 3 fully saturated rings.